The van der Waals surface area contributed by atoms with E-state index in [-0.39, 0.29) is 5.91 Å². The summed E-state index contributed by atoms with van der Waals surface area (Å²) in [7, 11) is 0. The third-order valence-corrected chi connectivity index (χ3v) is 6.67. The summed E-state index contributed by atoms with van der Waals surface area (Å²) in [5.41, 5.74) is 2.66. The maximum atomic E-state index is 12.7. The number of ether oxygens (including phenoxy) is 2. The third kappa shape index (κ3) is 5.56. The van der Waals surface area contributed by atoms with E-state index in [0.717, 1.165) is 27.6 Å². The Balaban J connectivity index is 1.35. The van der Waals surface area contributed by atoms with Crippen LogP contribution in [-0.4, -0.2) is 17.7 Å². The lowest BCUT2D eigenvalue weighted by molar-refractivity contribution is -0.115. The fourth-order valence-corrected chi connectivity index (χ4v) is 4.75. The van der Waals surface area contributed by atoms with Crippen LogP contribution in [-0.2, 0) is 11.4 Å². The van der Waals surface area contributed by atoms with Gasteiger partial charge < -0.3 is 14.8 Å². The third-order valence-electron chi connectivity index (χ3n) is 5.51. The van der Waals surface area contributed by atoms with Crippen molar-refractivity contribution in [3.8, 4) is 11.5 Å². The van der Waals surface area contributed by atoms with Gasteiger partial charge in [-0.1, -0.05) is 66.2 Å². The first kappa shape index (κ1) is 24.0. The summed E-state index contributed by atoms with van der Waals surface area (Å²) < 4.78 is 11.8. The van der Waals surface area contributed by atoms with Crippen molar-refractivity contribution in [2.45, 2.75) is 13.5 Å². The highest BCUT2D eigenvalue weighted by atomic mass is 35.5. The molecule has 0 unspecified atom stereocenters. The van der Waals surface area contributed by atoms with E-state index in [9.17, 15) is 4.79 Å². The lowest BCUT2D eigenvalue weighted by atomic mass is 10.1. The van der Waals surface area contributed by atoms with E-state index in [2.05, 4.69) is 5.32 Å². The number of carbonyl (C=O) groups is 1. The minimum absolute atomic E-state index is 0.181. The van der Waals surface area contributed by atoms with Crippen molar-refractivity contribution in [2.24, 2.45) is 4.99 Å². The van der Waals surface area contributed by atoms with Crippen molar-refractivity contribution in [3.05, 3.63) is 106 Å². The van der Waals surface area contributed by atoms with Crippen LogP contribution in [0.2, 0.25) is 5.02 Å². The second-order valence-electron chi connectivity index (χ2n) is 8.03. The molecule has 4 aromatic carbocycles. The highest BCUT2D eigenvalue weighted by Gasteiger charge is 2.24. The Morgan fingerprint density at radius 1 is 0.944 bits per heavy atom. The number of nitrogens with one attached hydrogen (secondary N) is 1. The highest BCUT2D eigenvalue weighted by Crippen LogP contribution is 2.34. The molecule has 1 aliphatic heterocycles. The van der Waals surface area contributed by atoms with Gasteiger partial charge in [-0.3, -0.25) is 4.79 Å². The van der Waals surface area contributed by atoms with Crippen LogP contribution in [0.3, 0.4) is 0 Å². The van der Waals surface area contributed by atoms with E-state index in [1.54, 1.807) is 0 Å². The summed E-state index contributed by atoms with van der Waals surface area (Å²) in [6.45, 7) is 2.81. The lowest BCUT2D eigenvalue weighted by Crippen LogP contribution is -2.19. The number of hydrogen-bond acceptors (Lipinski definition) is 5. The molecule has 0 aliphatic carbocycles. The van der Waals surface area contributed by atoms with Crippen molar-refractivity contribution in [2.75, 3.05) is 6.61 Å². The van der Waals surface area contributed by atoms with Gasteiger partial charge in [-0.2, -0.15) is 0 Å². The fourth-order valence-electron chi connectivity index (χ4n) is 3.79. The van der Waals surface area contributed by atoms with E-state index in [0.29, 0.717) is 39.8 Å². The number of hydrogen-bond donors (Lipinski definition) is 1. The van der Waals surface area contributed by atoms with Gasteiger partial charge in [-0.15, -0.1) is 0 Å². The molecule has 5 rings (SSSR count). The molecule has 180 valence electrons. The topological polar surface area (TPSA) is 59.9 Å². The number of fused-ring (bicyclic) bond motifs is 1. The van der Waals surface area contributed by atoms with Gasteiger partial charge in [0, 0.05) is 10.4 Å². The van der Waals surface area contributed by atoms with Crippen molar-refractivity contribution < 1.29 is 14.3 Å². The molecule has 1 N–H and O–H groups in total. The molecule has 5 nitrogen and oxygen atoms in total. The average Bonchev–Trinajstić information content (AvgIpc) is 3.23. The first-order valence-electron chi connectivity index (χ1n) is 11.5. The second-order valence-corrected chi connectivity index (χ2v) is 9.50. The molecule has 0 aromatic heterocycles. The van der Waals surface area contributed by atoms with Crippen LogP contribution in [0, 0.1) is 0 Å². The van der Waals surface area contributed by atoms with Gasteiger partial charge in [-0.05, 0) is 71.6 Å². The van der Waals surface area contributed by atoms with E-state index in [4.69, 9.17) is 26.1 Å². The summed E-state index contributed by atoms with van der Waals surface area (Å²) in [4.78, 5) is 17.9. The molecule has 1 heterocycles. The number of thioether (sulfide) groups is 1. The zero-order valence-electron chi connectivity index (χ0n) is 19.5. The van der Waals surface area contributed by atoms with Gasteiger partial charge in [0.15, 0.2) is 16.7 Å². The summed E-state index contributed by atoms with van der Waals surface area (Å²) in [5, 5.41) is 6.25. The van der Waals surface area contributed by atoms with Crippen LogP contribution in [0.5, 0.6) is 11.5 Å². The molecule has 0 atom stereocenters. The first-order chi connectivity index (χ1) is 17.6. The van der Waals surface area contributed by atoms with Gasteiger partial charge in [0.1, 0.15) is 6.61 Å². The number of aliphatic imine (C=N–C) groups is 1. The second kappa shape index (κ2) is 10.9. The van der Waals surface area contributed by atoms with Crippen LogP contribution >= 0.6 is 23.4 Å². The molecule has 0 bridgehead atoms. The molecule has 1 aliphatic rings. The number of nitrogens with zero attached hydrogens (tertiary/aromatic N) is 1. The molecule has 36 heavy (non-hydrogen) atoms. The number of amides is 1. The summed E-state index contributed by atoms with van der Waals surface area (Å²) in [6, 6.07) is 27.2. The van der Waals surface area contributed by atoms with Crippen LogP contribution in [0.4, 0.5) is 5.69 Å². The molecule has 1 amide bonds. The molecule has 0 saturated carbocycles. The minimum Gasteiger partial charge on any atom is -0.490 e. The maximum absolute atomic E-state index is 12.7. The predicted molar refractivity (Wildman–Crippen MR) is 148 cm³/mol. The van der Waals surface area contributed by atoms with Crippen molar-refractivity contribution in [3.63, 3.8) is 0 Å². The SMILES string of the molecule is CCOc1cc(C=C2SC(=Nc3cccc4ccccc34)NC2=O)ccc1OCc1ccc(Cl)cc1. The average molecular weight is 515 g/mol. The summed E-state index contributed by atoms with van der Waals surface area (Å²) in [5.74, 6) is 1.07. The maximum Gasteiger partial charge on any atom is 0.264 e. The number of halogens is 1. The molecule has 0 radical (unpaired) electrons. The lowest BCUT2D eigenvalue weighted by Gasteiger charge is -2.13. The number of rotatable bonds is 7. The molecule has 4 aromatic rings. The summed E-state index contributed by atoms with van der Waals surface area (Å²) in [6.07, 6.45) is 1.83. The van der Waals surface area contributed by atoms with Gasteiger partial charge in [0.25, 0.3) is 5.91 Å². The Morgan fingerprint density at radius 2 is 1.75 bits per heavy atom. The van der Waals surface area contributed by atoms with Crippen molar-refractivity contribution in [1.29, 1.82) is 0 Å². The zero-order chi connectivity index (χ0) is 24.9. The van der Waals surface area contributed by atoms with Crippen molar-refractivity contribution in [1.82, 2.24) is 5.32 Å². The van der Waals surface area contributed by atoms with Crippen LogP contribution in [0.1, 0.15) is 18.1 Å². The van der Waals surface area contributed by atoms with Gasteiger partial charge in [0.2, 0.25) is 0 Å². The smallest absolute Gasteiger partial charge is 0.264 e. The van der Waals surface area contributed by atoms with E-state index in [1.165, 1.54) is 11.8 Å². The first-order valence-corrected chi connectivity index (χ1v) is 12.7. The minimum atomic E-state index is -0.181. The quantitative estimate of drug-likeness (QED) is 0.262. The Labute approximate surface area is 218 Å². The van der Waals surface area contributed by atoms with Gasteiger partial charge in [0.05, 0.1) is 17.2 Å². The molecule has 1 fully saturated rings. The van der Waals surface area contributed by atoms with Gasteiger partial charge >= 0.3 is 0 Å². The van der Waals surface area contributed by atoms with Crippen LogP contribution in [0.15, 0.2) is 94.8 Å². The van der Waals surface area contributed by atoms with Crippen molar-refractivity contribution >= 4 is 57.0 Å². The largest absolute Gasteiger partial charge is 0.490 e. The molecule has 0 spiro atoms. The number of benzene rings is 4. The Hall–Kier alpha value is -3.74. The monoisotopic (exact) mass is 514 g/mol. The Morgan fingerprint density at radius 3 is 2.58 bits per heavy atom. The highest BCUT2D eigenvalue weighted by molar-refractivity contribution is 8.18. The molecule has 7 heteroatoms. The predicted octanol–water partition coefficient (Wildman–Crippen LogP) is 7.36. The number of carbonyl (C=O) groups excluding carboxylic acids is 1. The Kier molecular flexibility index (Phi) is 7.26. The fraction of sp³-hybridized carbons (Fsp3) is 0.103. The van der Waals surface area contributed by atoms with Gasteiger partial charge in [-0.25, -0.2) is 4.99 Å². The standard InChI is InChI=1S/C29H23ClN2O3S/c1-2-34-26-16-20(12-15-25(26)35-18-19-10-13-22(30)14-11-19)17-27-28(33)32-29(36-27)31-24-9-5-7-21-6-3-4-8-23(21)24/h3-17H,2,18H2,1H3,(H,31,32,33). The normalized spacial score (nSPS) is 15.4. The zero-order valence-corrected chi connectivity index (χ0v) is 21.1. The van der Waals surface area contributed by atoms with E-state index in [1.807, 2.05) is 97.9 Å². The molecule has 1 saturated heterocycles. The van der Waals surface area contributed by atoms with Crippen LogP contribution < -0.4 is 14.8 Å². The Bertz CT molecular complexity index is 1480. The van der Waals surface area contributed by atoms with E-state index < -0.39 is 0 Å². The van der Waals surface area contributed by atoms with Crippen LogP contribution in [0.25, 0.3) is 16.8 Å². The molecular formula is C29H23ClN2O3S. The number of amidine groups is 1. The molecular weight excluding hydrogens is 492 g/mol. The summed E-state index contributed by atoms with van der Waals surface area (Å²) >= 11 is 7.28. The van der Waals surface area contributed by atoms with E-state index >= 15 is 0 Å².